The molecule has 1 rings (SSSR count). The lowest BCUT2D eigenvalue weighted by molar-refractivity contribution is -0.148. The number of thiazole rings is 1. The number of esters is 1. The van der Waals surface area contributed by atoms with E-state index < -0.39 is 0 Å². The molecule has 102 valence electrons. The van der Waals surface area contributed by atoms with Gasteiger partial charge in [-0.05, 0) is 13.3 Å². The van der Waals surface area contributed by atoms with E-state index in [0.29, 0.717) is 13.0 Å². The van der Waals surface area contributed by atoms with Crippen molar-refractivity contribution in [3.8, 4) is 0 Å². The van der Waals surface area contributed by atoms with Gasteiger partial charge < -0.3 is 4.74 Å². The monoisotopic (exact) mass is 269 g/mol. The Hall–Kier alpha value is -0.900. The summed E-state index contributed by atoms with van der Waals surface area (Å²) in [5.41, 5.74) is 1.17. The minimum absolute atomic E-state index is 0.0658. The largest absolute Gasteiger partial charge is 0.466 e. The molecule has 0 aromatic carbocycles. The zero-order chi connectivity index (χ0) is 13.8. The molecule has 1 atom stereocenters. The van der Waals surface area contributed by atoms with E-state index in [9.17, 15) is 4.79 Å². The van der Waals surface area contributed by atoms with Crippen molar-refractivity contribution >= 4 is 17.3 Å². The standard InChI is InChI=1S/C14H23NO2S/c1-6-10(13(16)17-7-2)8-12-15-11(9-18-12)14(3,4)5/h9-10H,6-8H2,1-5H3. The summed E-state index contributed by atoms with van der Waals surface area (Å²) in [7, 11) is 0. The smallest absolute Gasteiger partial charge is 0.309 e. The first-order chi connectivity index (χ1) is 8.38. The zero-order valence-electron chi connectivity index (χ0n) is 11.9. The van der Waals surface area contributed by atoms with E-state index in [1.165, 1.54) is 0 Å². The van der Waals surface area contributed by atoms with Crippen LogP contribution in [-0.4, -0.2) is 17.6 Å². The molecule has 0 aliphatic rings. The SMILES string of the molecule is CCOC(=O)C(CC)Cc1nc(C(C)(C)C)cs1. The van der Waals surface area contributed by atoms with Gasteiger partial charge in [0.2, 0.25) is 0 Å². The van der Waals surface area contributed by atoms with Crippen LogP contribution >= 0.6 is 11.3 Å². The van der Waals surface area contributed by atoms with Gasteiger partial charge in [-0.1, -0.05) is 27.7 Å². The zero-order valence-corrected chi connectivity index (χ0v) is 12.8. The van der Waals surface area contributed by atoms with Gasteiger partial charge >= 0.3 is 5.97 Å². The van der Waals surface area contributed by atoms with Crippen molar-refractivity contribution in [3.63, 3.8) is 0 Å². The molecule has 0 aliphatic carbocycles. The number of nitrogens with zero attached hydrogens (tertiary/aromatic N) is 1. The molecular weight excluding hydrogens is 246 g/mol. The summed E-state index contributed by atoms with van der Waals surface area (Å²) in [5, 5.41) is 3.12. The summed E-state index contributed by atoms with van der Waals surface area (Å²) in [5.74, 6) is -0.170. The molecule has 1 aromatic heterocycles. The summed E-state index contributed by atoms with van der Waals surface area (Å²) in [6.45, 7) is 10.7. The van der Waals surface area contributed by atoms with Crippen LogP contribution in [0, 0.1) is 5.92 Å². The molecule has 0 radical (unpaired) electrons. The maximum absolute atomic E-state index is 11.7. The summed E-state index contributed by atoms with van der Waals surface area (Å²) >= 11 is 1.64. The fourth-order valence-electron chi connectivity index (χ4n) is 1.61. The van der Waals surface area contributed by atoms with Crippen LogP contribution in [0.5, 0.6) is 0 Å². The molecule has 0 fully saturated rings. The number of carbonyl (C=O) groups excluding carboxylic acids is 1. The van der Waals surface area contributed by atoms with E-state index in [4.69, 9.17) is 4.74 Å². The number of aromatic nitrogens is 1. The van der Waals surface area contributed by atoms with Crippen molar-refractivity contribution in [3.05, 3.63) is 16.1 Å². The lowest BCUT2D eigenvalue weighted by Gasteiger charge is -2.15. The Balaban J connectivity index is 2.71. The van der Waals surface area contributed by atoms with E-state index in [2.05, 4.69) is 31.1 Å². The molecule has 1 aromatic rings. The molecule has 3 nitrogen and oxygen atoms in total. The predicted molar refractivity (Wildman–Crippen MR) is 74.9 cm³/mol. The summed E-state index contributed by atoms with van der Waals surface area (Å²) in [4.78, 5) is 16.4. The first kappa shape index (κ1) is 15.2. The lowest BCUT2D eigenvalue weighted by Crippen LogP contribution is -2.19. The highest BCUT2D eigenvalue weighted by atomic mass is 32.1. The predicted octanol–water partition coefficient (Wildman–Crippen LogP) is 3.57. The number of carbonyl (C=O) groups is 1. The van der Waals surface area contributed by atoms with Crippen molar-refractivity contribution in [2.24, 2.45) is 5.92 Å². The average molecular weight is 269 g/mol. The van der Waals surface area contributed by atoms with Crippen LogP contribution in [0.15, 0.2) is 5.38 Å². The van der Waals surface area contributed by atoms with Gasteiger partial charge in [0, 0.05) is 17.2 Å². The number of hydrogen-bond donors (Lipinski definition) is 0. The first-order valence-corrected chi connectivity index (χ1v) is 7.38. The maximum Gasteiger partial charge on any atom is 0.309 e. The minimum atomic E-state index is -0.104. The Bertz CT molecular complexity index is 393. The van der Waals surface area contributed by atoms with Gasteiger partial charge in [0.05, 0.1) is 23.2 Å². The van der Waals surface area contributed by atoms with Crippen LogP contribution in [0.3, 0.4) is 0 Å². The lowest BCUT2D eigenvalue weighted by atomic mass is 9.93. The van der Waals surface area contributed by atoms with Crippen molar-refractivity contribution < 1.29 is 9.53 Å². The Morgan fingerprint density at radius 2 is 2.11 bits per heavy atom. The van der Waals surface area contributed by atoms with Crippen molar-refractivity contribution in [2.75, 3.05) is 6.61 Å². The van der Waals surface area contributed by atoms with E-state index in [0.717, 1.165) is 17.1 Å². The molecule has 1 heterocycles. The van der Waals surface area contributed by atoms with Gasteiger partial charge in [0.25, 0.3) is 0 Å². The fourth-order valence-corrected chi connectivity index (χ4v) is 2.72. The third kappa shape index (κ3) is 4.09. The Kier molecular flexibility index (Phi) is 5.32. The second kappa shape index (κ2) is 6.32. The van der Waals surface area contributed by atoms with Crippen LogP contribution in [0.1, 0.15) is 51.7 Å². The van der Waals surface area contributed by atoms with E-state index >= 15 is 0 Å². The topological polar surface area (TPSA) is 39.2 Å². The Labute approximate surface area is 114 Å². The number of rotatable bonds is 5. The molecule has 0 aliphatic heterocycles. The molecular formula is C14H23NO2S. The normalized spacial score (nSPS) is 13.4. The van der Waals surface area contributed by atoms with Crippen molar-refractivity contribution in [1.29, 1.82) is 0 Å². The molecule has 0 amide bonds. The molecule has 0 N–H and O–H groups in total. The summed E-state index contributed by atoms with van der Waals surface area (Å²) in [6, 6.07) is 0. The quantitative estimate of drug-likeness (QED) is 0.767. The first-order valence-electron chi connectivity index (χ1n) is 6.50. The third-order valence-corrected chi connectivity index (χ3v) is 3.73. The molecule has 4 heteroatoms. The van der Waals surface area contributed by atoms with E-state index in [1.54, 1.807) is 11.3 Å². The number of hydrogen-bond acceptors (Lipinski definition) is 4. The van der Waals surface area contributed by atoms with Crippen LogP contribution in [0.2, 0.25) is 0 Å². The third-order valence-electron chi connectivity index (χ3n) is 2.85. The summed E-state index contributed by atoms with van der Waals surface area (Å²) in [6.07, 6.45) is 1.49. The molecule has 0 saturated heterocycles. The molecule has 0 bridgehead atoms. The molecule has 18 heavy (non-hydrogen) atoms. The highest BCUT2D eigenvalue weighted by Gasteiger charge is 2.22. The van der Waals surface area contributed by atoms with Gasteiger partial charge in [-0.15, -0.1) is 11.3 Å². The molecule has 0 spiro atoms. The van der Waals surface area contributed by atoms with Crippen molar-refractivity contribution in [1.82, 2.24) is 4.98 Å². The van der Waals surface area contributed by atoms with E-state index in [1.807, 2.05) is 13.8 Å². The second-order valence-corrected chi connectivity index (χ2v) is 6.38. The highest BCUT2D eigenvalue weighted by Crippen LogP contribution is 2.25. The molecule has 0 saturated carbocycles. The fraction of sp³-hybridized carbons (Fsp3) is 0.714. The van der Waals surface area contributed by atoms with Gasteiger partial charge in [-0.3, -0.25) is 4.79 Å². The van der Waals surface area contributed by atoms with Crippen LogP contribution in [-0.2, 0) is 21.4 Å². The van der Waals surface area contributed by atoms with E-state index in [-0.39, 0.29) is 17.3 Å². The second-order valence-electron chi connectivity index (χ2n) is 5.44. The maximum atomic E-state index is 11.7. The number of ether oxygens (including phenoxy) is 1. The Morgan fingerprint density at radius 3 is 2.56 bits per heavy atom. The summed E-state index contributed by atoms with van der Waals surface area (Å²) < 4.78 is 5.08. The average Bonchev–Trinajstić information content (AvgIpc) is 2.74. The van der Waals surface area contributed by atoms with Crippen LogP contribution < -0.4 is 0 Å². The Morgan fingerprint density at radius 1 is 1.44 bits per heavy atom. The van der Waals surface area contributed by atoms with Crippen LogP contribution in [0.25, 0.3) is 0 Å². The van der Waals surface area contributed by atoms with Gasteiger partial charge in [-0.2, -0.15) is 0 Å². The van der Waals surface area contributed by atoms with Crippen molar-refractivity contribution in [2.45, 2.75) is 52.9 Å². The van der Waals surface area contributed by atoms with Gasteiger partial charge in [0.15, 0.2) is 0 Å². The van der Waals surface area contributed by atoms with Crippen LogP contribution in [0.4, 0.5) is 0 Å². The van der Waals surface area contributed by atoms with Gasteiger partial charge in [-0.25, -0.2) is 4.98 Å². The van der Waals surface area contributed by atoms with Gasteiger partial charge in [0.1, 0.15) is 0 Å². The minimum Gasteiger partial charge on any atom is -0.466 e. The molecule has 1 unspecified atom stereocenters. The highest BCUT2D eigenvalue weighted by molar-refractivity contribution is 7.09.